The lowest BCUT2D eigenvalue weighted by molar-refractivity contribution is -0.168. The molecule has 0 fully saturated rings. The van der Waals surface area contributed by atoms with Gasteiger partial charge in [-0.05, 0) is 26.0 Å². The summed E-state index contributed by atoms with van der Waals surface area (Å²) in [5, 5.41) is 2.53. The van der Waals surface area contributed by atoms with Crippen LogP contribution in [0.3, 0.4) is 0 Å². The van der Waals surface area contributed by atoms with E-state index in [9.17, 15) is 22.4 Å². The summed E-state index contributed by atoms with van der Waals surface area (Å²) in [6.45, 7) is 1.36. The van der Waals surface area contributed by atoms with E-state index in [1.54, 1.807) is 13.0 Å². The number of nitrogens with one attached hydrogen (secondary N) is 1. The highest BCUT2D eigenvalue weighted by molar-refractivity contribution is 5.77. The third kappa shape index (κ3) is 6.38. The van der Waals surface area contributed by atoms with Gasteiger partial charge in [-0.1, -0.05) is 6.07 Å². The first-order valence-electron chi connectivity index (χ1n) is 6.66. The van der Waals surface area contributed by atoms with Gasteiger partial charge in [-0.3, -0.25) is 9.78 Å². The third-order valence-corrected chi connectivity index (χ3v) is 2.72. The first-order chi connectivity index (χ1) is 10.2. The molecule has 22 heavy (non-hydrogen) atoms. The number of nitrogens with zero attached hydrogens (tertiary/aromatic N) is 1. The standard InChI is InChI=1S/C14H18F4N2O2/c1-9-4-3-5-11(19-9)6-10(2)20-12(21)7-22-8-14(17,18)13(15)16/h3-5,10,13H,6-8H2,1-2H3,(H,20,21)/t10-/m0/s1. The summed E-state index contributed by atoms with van der Waals surface area (Å²) >= 11 is 0. The van der Waals surface area contributed by atoms with E-state index >= 15 is 0 Å². The van der Waals surface area contributed by atoms with Crippen LogP contribution in [0.15, 0.2) is 18.2 Å². The number of halogens is 4. The van der Waals surface area contributed by atoms with Gasteiger partial charge in [0.2, 0.25) is 5.91 Å². The molecule has 124 valence electrons. The van der Waals surface area contributed by atoms with Gasteiger partial charge in [0.1, 0.15) is 13.2 Å². The Morgan fingerprint density at radius 3 is 2.68 bits per heavy atom. The van der Waals surface area contributed by atoms with E-state index in [4.69, 9.17) is 0 Å². The monoisotopic (exact) mass is 322 g/mol. The maximum atomic E-state index is 12.6. The summed E-state index contributed by atoms with van der Waals surface area (Å²) in [6, 6.07) is 5.18. The van der Waals surface area contributed by atoms with Crippen LogP contribution in [0, 0.1) is 6.92 Å². The fourth-order valence-corrected chi connectivity index (χ4v) is 1.74. The lowest BCUT2D eigenvalue weighted by atomic mass is 10.1. The number of alkyl halides is 4. The zero-order chi connectivity index (χ0) is 16.8. The average molecular weight is 322 g/mol. The maximum Gasteiger partial charge on any atom is 0.330 e. The van der Waals surface area contributed by atoms with Crippen molar-refractivity contribution < 1.29 is 27.1 Å². The fraction of sp³-hybridized carbons (Fsp3) is 0.571. The van der Waals surface area contributed by atoms with Crippen molar-refractivity contribution in [1.29, 1.82) is 0 Å². The van der Waals surface area contributed by atoms with Gasteiger partial charge in [0.05, 0.1) is 0 Å². The molecule has 0 aromatic carbocycles. The van der Waals surface area contributed by atoms with Gasteiger partial charge in [-0.2, -0.15) is 8.78 Å². The van der Waals surface area contributed by atoms with Gasteiger partial charge in [-0.25, -0.2) is 8.78 Å². The molecule has 0 aliphatic heterocycles. The fourth-order valence-electron chi connectivity index (χ4n) is 1.74. The highest BCUT2D eigenvalue weighted by atomic mass is 19.3. The summed E-state index contributed by atoms with van der Waals surface area (Å²) in [7, 11) is 0. The van der Waals surface area contributed by atoms with Gasteiger partial charge in [0, 0.05) is 23.9 Å². The normalized spacial score (nSPS) is 13.2. The second kappa shape index (κ2) is 8.07. The predicted molar refractivity (Wildman–Crippen MR) is 72.1 cm³/mol. The minimum Gasteiger partial charge on any atom is -0.365 e. The summed E-state index contributed by atoms with van der Waals surface area (Å²) in [5.74, 6) is -4.90. The van der Waals surface area contributed by atoms with Crippen LogP contribution in [0.2, 0.25) is 0 Å². The van der Waals surface area contributed by atoms with Crippen LogP contribution in [-0.4, -0.2) is 42.5 Å². The van der Waals surface area contributed by atoms with E-state index in [0.717, 1.165) is 11.4 Å². The van der Waals surface area contributed by atoms with Crippen molar-refractivity contribution in [2.75, 3.05) is 13.2 Å². The number of ether oxygens (including phenoxy) is 1. The Morgan fingerprint density at radius 1 is 1.41 bits per heavy atom. The minimum atomic E-state index is -4.25. The number of amides is 1. The van der Waals surface area contributed by atoms with Crippen molar-refractivity contribution in [3.8, 4) is 0 Å². The number of aromatic nitrogens is 1. The number of hydrogen-bond acceptors (Lipinski definition) is 3. The minimum absolute atomic E-state index is 0.291. The summed E-state index contributed by atoms with van der Waals surface area (Å²) < 4.78 is 53.2. The lowest BCUT2D eigenvalue weighted by Gasteiger charge is -2.16. The van der Waals surface area contributed by atoms with Crippen LogP contribution < -0.4 is 5.32 Å². The summed E-state index contributed by atoms with van der Waals surface area (Å²) in [4.78, 5) is 15.7. The van der Waals surface area contributed by atoms with Crippen molar-refractivity contribution in [3.05, 3.63) is 29.6 Å². The molecule has 1 atom stereocenters. The molecule has 0 spiro atoms. The van der Waals surface area contributed by atoms with E-state index in [2.05, 4.69) is 15.0 Å². The predicted octanol–water partition coefficient (Wildman–Crippen LogP) is 2.35. The van der Waals surface area contributed by atoms with Crippen molar-refractivity contribution in [1.82, 2.24) is 10.3 Å². The maximum absolute atomic E-state index is 12.6. The molecule has 1 aromatic heterocycles. The summed E-state index contributed by atoms with van der Waals surface area (Å²) in [5.41, 5.74) is 1.62. The molecule has 1 heterocycles. The van der Waals surface area contributed by atoms with Crippen LogP contribution in [0.4, 0.5) is 17.6 Å². The highest BCUT2D eigenvalue weighted by Crippen LogP contribution is 2.22. The molecule has 8 heteroatoms. The number of aryl methyl sites for hydroxylation is 1. The largest absolute Gasteiger partial charge is 0.365 e. The first-order valence-corrected chi connectivity index (χ1v) is 6.66. The van der Waals surface area contributed by atoms with Crippen molar-refractivity contribution in [2.24, 2.45) is 0 Å². The molecule has 1 rings (SSSR count). The molecule has 0 saturated carbocycles. The van der Waals surface area contributed by atoms with Crippen LogP contribution in [-0.2, 0) is 16.0 Å². The second-order valence-corrected chi connectivity index (χ2v) is 5.00. The topological polar surface area (TPSA) is 51.2 Å². The molecule has 0 unspecified atom stereocenters. The molecule has 1 amide bonds. The number of pyridine rings is 1. The van der Waals surface area contributed by atoms with Gasteiger partial charge in [0.25, 0.3) is 0 Å². The molecule has 1 aromatic rings. The molecule has 4 nitrogen and oxygen atoms in total. The molecular weight excluding hydrogens is 304 g/mol. The molecule has 0 aliphatic carbocycles. The Morgan fingerprint density at radius 2 is 2.09 bits per heavy atom. The quantitative estimate of drug-likeness (QED) is 0.748. The number of carbonyl (C=O) groups excluding carboxylic acids is 1. The SMILES string of the molecule is Cc1cccc(C[C@H](C)NC(=O)COCC(F)(F)C(F)F)n1. The molecule has 0 saturated heterocycles. The zero-order valence-electron chi connectivity index (χ0n) is 12.3. The number of carbonyl (C=O) groups is 1. The number of rotatable bonds is 8. The second-order valence-electron chi connectivity index (χ2n) is 5.00. The highest BCUT2D eigenvalue weighted by Gasteiger charge is 2.41. The Kier molecular flexibility index (Phi) is 6.73. The molecule has 1 N–H and O–H groups in total. The lowest BCUT2D eigenvalue weighted by Crippen LogP contribution is -2.39. The van der Waals surface area contributed by atoms with Gasteiger partial charge >= 0.3 is 12.3 Å². The average Bonchev–Trinajstić information content (AvgIpc) is 2.37. The summed E-state index contributed by atoms with van der Waals surface area (Å²) in [6.07, 6.45) is -3.36. The first kappa shape index (κ1) is 18.3. The molecule has 0 bridgehead atoms. The van der Waals surface area contributed by atoms with Gasteiger partial charge in [-0.15, -0.1) is 0 Å². The Balaban J connectivity index is 2.33. The smallest absolute Gasteiger partial charge is 0.330 e. The van der Waals surface area contributed by atoms with Gasteiger partial charge in [0.15, 0.2) is 0 Å². The van der Waals surface area contributed by atoms with E-state index < -0.39 is 31.5 Å². The molecule has 0 radical (unpaired) electrons. The Hall–Kier alpha value is -1.70. The molecule has 0 aliphatic rings. The van der Waals surface area contributed by atoms with Crippen molar-refractivity contribution in [3.63, 3.8) is 0 Å². The Labute approximate surface area is 125 Å². The van der Waals surface area contributed by atoms with E-state index in [0.29, 0.717) is 6.42 Å². The van der Waals surface area contributed by atoms with Gasteiger partial charge < -0.3 is 10.1 Å². The number of hydrogen-bond donors (Lipinski definition) is 1. The van der Waals surface area contributed by atoms with Crippen molar-refractivity contribution in [2.45, 2.75) is 38.7 Å². The van der Waals surface area contributed by atoms with Crippen LogP contribution >= 0.6 is 0 Å². The third-order valence-electron chi connectivity index (χ3n) is 2.72. The van der Waals surface area contributed by atoms with E-state index in [-0.39, 0.29) is 6.04 Å². The zero-order valence-corrected chi connectivity index (χ0v) is 12.3. The van der Waals surface area contributed by atoms with Crippen LogP contribution in [0.1, 0.15) is 18.3 Å². The van der Waals surface area contributed by atoms with Crippen LogP contribution in [0.25, 0.3) is 0 Å². The van der Waals surface area contributed by atoms with Crippen molar-refractivity contribution >= 4 is 5.91 Å². The molecular formula is C14H18F4N2O2. The van der Waals surface area contributed by atoms with Crippen LogP contribution in [0.5, 0.6) is 0 Å². The van der Waals surface area contributed by atoms with E-state index in [1.165, 1.54) is 0 Å². The Bertz CT molecular complexity index is 497. The van der Waals surface area contributed by atoms with E-state index in [1.807, 2.05) is 19.1 Å².